The summed E-state index contributed by atoms with van der Waals surface area (Å²) in [7, 11) is -2.36. The lowest BCUT2D eigenvalue weighted by atomic mass is 10.1. The molecule has 0 heterocycles. The van der Waals surface area contributed by atoms with E-state index in [1.807, 2.05) is 0 Å². The average molecular weight is 301 g/mol. The van der Waals surface area contributed by atoms with E-state index in [-0.39, 0.29) is 17.0 Å². The molecule has 1 aromatic carbocycles. The number of sulfonamides is 1. The van der Waals surface area contributed by atoms with Crippen molar-refractivity contribution in [1.82, 2.24) is 4.31 Å². The number of aryl methyl sites for hydroxylation is 1. The molecule has 1 aromatic rings. The summed E-state index contributed by atoms with van der Waals surface area (Å²) in [5.41, 5.74) is 0.414. The number of aliphatic hydroxyl groups is 1. The van der Waals surface area contributed by atoms with Crippen LogP contribution in [0.25, 0.3) is 0 Å². The van der Waals surface area contributed by atoms with E-state index >= 15 is 0 Å². The van der Waals surface area contributed by atoms with Crippen molar-refractivity contribution in [3.05, 3.63) is 29.3 Å². The molecule has 0 aliphatic carbocycles. The van der Waals surface area contributed by atoms with Gasteiger partial charge in [0.2, 0.25) is 10.0 Å². The van der Waals surface area contributed by atoms with Crippen LogP contribution in [0.15, 0.2) is 23.1 Å². The van der Waals surface area contributed by atoms with Crippen LogP contribution in [0.1, 0.15) is 29.3 Å². The maximum Gasteiger partial charge on any atom is 0.335 e. The van der Waals surface area contributed by atoms with E-state index in [0.717, 1.165) is 10.4 Å². The molecular formula is C13H19NO5S. The minimum Gasteiger partial charge on any atom is -0.478 e. The molecule has 1 rings (SSSR count). The largest absolute Gasteiger partial charge is 0.478 e. The van der Waals surface area contributed by atoms with Gasteiger partial charge in [-0.3, -0.25) is 0 Å². The zero-order chi connectivity index (χ0) is 15.5. The van der Waals surface area contributed by atoms with Crippen LogP contribution < -0.4 is 0 Å². The Morgan fingerprint density at radius 1 is 1.40 bits per heavy atom. The summed E-state index contributed by atoms with van der Waals surface area (Å²) in [6.07, 6.45) is -0.285. The molecule has 20 heavy (non-hydrogen) atoms. The molecule has 0 radical (unpaired) electrons. The number of rotatable bonds is 6. The van der Waals surface area contributed by atoms with Gasteiger partial charge in [0.05, 0.1) is 16.6 Å². The lowest BCUT2D eigenvalue weighted by Gasteiger charge is -2.19. The van der Waals surface area contributed by atoms with Crippen molar-refractivity contribution in [3.8, 4) is 0 Å². The monoisotopic (exact) mass is 301 g/mol. The quantitative estimate of drug-likeness (QED) is 0.820. The van der Waals surface area contributed by atoms with Gasteiger partial charge in [0.1, 0.15) is 0 Å². The maximum absolute atomic E-state index is 12.4. The number of nitrogens with zero attached hydrogens (tertiary/aromatic N) is 1. The van der Waals surface area contributed by atoms with E-state index in [1.54, 1.807) is 13.8 Å². The van der Waals surface area contributed by atoms with E-state index in [9.17, 15) is 18.3 Å². The van der Waals surface area contributed by atoms with Crippen LogP contribution >= 0.6 is 0 Å². The summed E-state index contributed by atoms with van der Waals surface area (Å²) >= 11 is 0. The van der Waals surface area contributed by atoms with Crippen LogP contribution in [0.3, 0.4) is 0 Å². The first-order valence-electron chi connectivity index (χ1n) is 6.14. The molecular weight excluding hydrogens is 282 g/mol. The second-order valence-electron chi connectivity index (χ2n) is 4.75. The normalized spacial score (nSPS) is 13.4. The van der Waals surface area contributed by atoms with E-state index in [1.165, 1.54) is 19.2 Å². The Morgan fingerprint density at radius 2 is 2.00 bits per heavy atom. The number of hydrogen-bond acceptors (Lipinski definition) is 4. The standard InChI is InChI=1S/C13H19NO5S/c1-9-4-5-11(13(16)17)8-12(9)20(18,19)14(3)7-6-10(2)15/h4-5,8,10,15H,6-7H2,1-3H3,(H,16,17). The van der Waals surface area contributed by atoms with Crippen molar-refractivity contribution >= 4 is 16.0 Å². The smallest absolute Gasteiger partial charge is 0.335 e. The highest BCUT2D eigenvalue weighted by Gasteiger charge is 2.24. The molecule has 0 aliphatic heterocycles. The highest BCUT2D eigenvalue weighted by atomic mass is 32.2. The predicted octanol–water partition coefficient (Wildman–Crippen LogP) is 1.08. The van der Waals surface area contributed by atoms with Gasteiger partial charge in [-0.1, -0.05) is 6.07 Å². The Labute approximate surface area is 118 Å². The molecule has 6 nitrogen and oxygen atoms in total. The molecule has 0 aromatic heterocycles. The van der Waals surface area contributed by atoms with Gasteiger partial charge in [0.25, 0.3) is 0 Å². The molecule has 0 aliphatic rings. The second kappa shape index (κ2) is 6.34. The van der Waals surface area contributed by atoms with E-state index in [2.05, 4.69) is 0 Å². The summed E-state index contributed by atoms with van der Waals surface area (Å²) in [5.74, 6) is -1.17. The van der Waals surface area contributed by atoms with Crippen LogP contribution in [0.2, 0.25) is 0 Å². The third kappa shape index (κ3) is 3.78. The lowest BCUT2D eigenvalue weighted by molar-refractivity contribution is 0.0696. The SMILES string of the molecule is Cc1ccc(C(=O)O)cc1S(=O)(=O)N(C)CCC(C)O. The van der Waals surface area contributed by atoms with Crippen molar-refractivity contribution in [1.29, 1.82) is 0 Å². The third-order valence-corrected chi connectivity index (χ3v) is 4.98. The van der Waals surface area contributed by atoms with Gasteiger partial charge in [-0.2, -0.15) is 0 Å². The number of aliphatic hydroxyl groups excluding tert-OH is 1. The maximum atomic E-state index is 12.4. The number of carboxylic acids is 1. The Bertz CT molecular complexity index is 595. The number of aromatic carboxylic acids is 1. The van der Waals surface area contributed by atoms with Gasteiger partial charge < -0.3 is 10.2 Å². The van der Waals surface area contributed by atoms with Gasteiger partial charge >= 0.3 is 5.97 Å². The summed E-state index contributed by atoms with van der Waals surface area (Å²) in [4.78, 5) is 10.9. The minimum atomic E-state index is -3.76. The first-order valence-corrected chi connectivity index (χ1v) is 7.58. The molecule has 0 spiro atoms. The lowest BCUT2D eigenvalue weighted by Crippen LogP contribution is -2.30. The van der Waals surface area contributed by atoms with Crippen LogP contribution in [-0.2, 0) is 10.0 Å². The second-order valence-corrected chi connectivity index (χ2v) is 6.76. The van der Waals surface area contributed by atoms with Crippen molar-refractivity contribution in [2.75, 3.05) is 13.6 Å². The van der Waals surface area contributed by atoms with Gasteiger partial charge in [0, 0.05) is 13.6 Å². The topological polar surface area (TPSA) is 94.9 Å². The molecule has 0 saturated heterocycles. The van der Waals surface area contributed by atoms with Gasteiger partial charge in [-0.05, 0) is 38.0 Å². The summed E-state index contributed by atoms with van der Waals surface area (Å²) < 4.78 is 25.9. The fourth-order valence-corrected chi connectivity index (χ4v) is 3.10. The molecule has 0 amide bonds. The van der Waals surface area contributed by atoms with Crippen LogP contribution in [0.5, 0.6) is 0 Å². The zero-order valence-corrected chi connectivity index (χ0v) is 12.5. The summed E-state index contributed by atoms with van der Waals surface area (Å²) in [5, 5.41) is 18.1. The highest BCUT2D eigenvalue weighted by molar-refractivity contribution is 7.89. The van der Waals surface area contributed by atoms with Crippen LogP contribution in [-0.4, -0.2) is 48.6 Å². The molecule has 7 heteroatoms. The Balaban J connectivity index is 3.14. The highest BCUT2D eigenvalue weighted by Crippen LogP contribution is 2.21. The van der Waals surface area contributed by atoms with Crippen molar-refractivity contribution in [3.63, 3.8) is 0 Å². The molecule has 0 saturated carbocycles. The molecule has 112 valence electrons. The summed E-state index contributed by atoms with van der Waals surface area (Å²) in [6.45, 7) is 3.36. The minimum absolute atomic E-state index is 0.0227. The fourth-order valence-electron chi connectivity index (χ4n) is 1.67. The molecule has 0 fully saturated rings. The zero-order valence-electron chi connectivity index (χ0n) is 11.7. The van der Waals surface area contributed by atoms with Crippen molar-refractivity contribution < 1.29 is 23.4 Å². The molecule has 1 unspecified atom stereocenters. The Hall–Kier alpha value is -1.44. The average Bonchev–Trinajstić information content (AvgIpc) is 2.35. The molecule has 2 N–H and O–H groups in total. The number of benzene rings is 1. The fraction of sp³-hybridized carbons (Fsp3) is 0.462. The number of carbonyl (C=O) groups is 1. The number of hydrogen-bond donors (Lipinski definition) is 2. The third-order valence-electron chi connectivity index (χ3n) is 2.99. The van der Waals surface area contributed by atoms with E-state index < -0.39 is 22.1 Å². The molecule has 1 atom stereocenters. The van der Waals surface area contributed by atoms with Gasteiger partial charge in [-0.15, -0.1) is 0 Å². The van der Waals surface area contributed by atoms with E-state index in [0.29, 0.717) is 12.0 Å². The first-order chi connectivity index (χ1) is 9.16. The van der Waals surface area contributed by atoms with Crippen LogP contribution in [0.4, 0.5) is 0 Å². The number of carboxylic acid groups (broad SMARTS) is 1. The predicted molar refractivity (Wildman–Crippen MR) is 74.3 cm³/mol. The summed E-state index contributed by atoms with van der Waals surface area (Å²) in [6, 6.07) is 4.00. The van der Waals surface area contributed by atoms with E-state index in [4.69, 9.17) is 5.11 Å². The first kappa shape index (κ1) is 16.6. The Morgan fingerprint density at radius 3 is 2.50 bits per heavy atom. The van der Waals surface area contributed by atoms with Crippen molar-refractivity contribution in [2.24, 2.45) is 0 Å². The molecule has 0 bridgehead atoms. The van der Waals surface area contributed by atoms with Gasteiger partial charge in [0.15, 0.2) is 0 Å². The van der Waals surface area contributed by atoms with Gasteiger partial charge in [-0.25, -0.2) is 17.5 Å². The Kier molecular flexibility index (Phi) is 5.27. The van der Waals surface area contributed by atoms with Crippen molar-refractivity contribution in [2.45, 2.75) is 31.3 Å². The van der Waals surface area contributed by atoms with Crippen LogP contribution in [0, 0.1) is 6.92 Å².